The van der Waals surface area contributed by atoms with E-state index in [-0.39, 0.29) is 17.5 Å². The lowest BCUT2D eigenvalue weighted by Crippen LogP contribution is -2.23. The molecule has 0 saturated heterocycles. The Kier molecular flexibility index (Phi) is 5.46. The molecule has 1 aromatic rings. The topological polar surface area (TPSA) is 38.3 Å². The minimum absolute atomic E-state index is 0.0571. The molecule has 4 heteroatoms. The monoisotopic (exact) mass is 239 g/mol. The fourth-order valence-electron chi connectivity index (χ4n) is 1.51. The van der Waals surface area contributed by atoms with Gasteiger partial charge in [-0.1, -0.05) is 13.0 Å². The minimum atomic E-state index is -0.351. The zero-order chi connectivity index (χ0) is 12.7. The molecule has 0 aliphatic rings. The number of aryl methyl sites for hydroxylation is 1. The van der Waals surface area contributed by atoms with E-state index in [1.807, 2.05) is 6.92 Å². The van der Waals surface area contributed by atoms with Crippen LogP contribution >= 0.6 is 0 Å². The third kappa shape index (κ3) is 4.43. The number of rotatable bonds is 6. The first-order chi connectivity index (χ1) is 8.17. The van der Waals surface area contributed by atoms with Crippen LogP contribution in [0.3, 0.4) is 0 Å². The van der Waals surface area contributed by atoms with Gasteiger partial charge >= 0.3 is 0 Å². The maximum absolute atomic E-state index is 13.1. The number of amides is 1. The van der Waals surface area contributed by atoms with E-state index in [4.69, 9.17) is 4.74 Å². The van der Waals surface area contributed by atoms with Gasteiger partial charge in [0, 0.05) is 13.0 Å². The summed E-state index contributed by atoms with van der Waals surface area (Å²) in [5.41, 5.74) is 1.01. The number of carbonyl (C=O) groups is 1. The number of hydrogen-bond acceptors (Lipinski definition) is 2. The second-order valence-corrected chi connectivity index (χ2v) is 3.78. The van der Waals surface area contributed by atoms with Crippen molar-refractivity contribution in [2.75, 3.05) is 13.7 Å². The van der Waals surface area contributed by atoms with Crippen molar-refractivity contribution < 1.29 is 13.9 Å². The fourth-order valence-corrected chi connectivity index (χ4v) is 1.51. The molecule has 0 heterocycles. The highest BCUT2D eigenvalue weighted by molar-refractivity contribution is 5.75. The molecular formula is C13H18FNO2. The zero-order valence-electron chi connectivity index (χ0n) is 10.3. The van der Waals surface area contributed by atoms with Crippen LogP contribution in [0.2, 0.25) is 0 Å². The maximum Gasteiger partial charge on any atom is 0.219 e. The van der Waals surface area contributed by atoms with Crippen LogP contribution in [0, 0.1) is 5.82 Å². The summed E-state index contributed by atoms with van der Waals surface area (Å²) >= 11 is 0. The molecule has 1 N–H and O–H groups in total. The Morgan fingerprint density at radius 1 is 1.47 bits per heavy atom. The van der Waals surface area contributed by atoms with Crippen molar-refractivity contribution in [3.63, 3.8) is 0 Å². The molecule has 0 aromatic heterocycles. The molecule has 0 spiro atoms. The third-order valence-electron chi connectivity index (χ3n) is 2.50. The Balaban J connectivity index is 2.39. The number of halogens is 1. The number of ether oxygens (including phenoxy) is 1. The molecule has 1 aromatic carbocycles. The van der Waals surface area contributed by atoms with Crippen LogP contribution in [0.1, 0.15) is 25.3 Å². The fraction of sp³-hybridized carbons (Fsp3) is 0.462. The summed E-state index contributed by atoms with van der Waals surface area (Å²) < 4.78 is 18.0. The van der Waals surface area contributed by atoms with Crippen LogP contribution in [-0.2, 0) is 11.2 Å². The highest BCUT2D eigenvalue weighted by Gasteiger charge is 2.03. The molecule has 1 rings (SSSR count). The van der Waals surface area contributed by atoms with E-state index >= 15 is 0 Å². The van der Waals surface area contributed by atoms with Gasteiger partial charge in [-0.25, -0.2) is 4.39 Å². The minimum Gasteiger partial charge on any atom is -0.494 e. The molecule has 0 fully saturated rings. The average Bonchev–Trinajstić information content (AvgIpc) is 2.36. The second-order valence-electron chi connectivity index (χ2n) is 3.78. The summed E-state index contributed by atoms with van der Waals surface area (Å²) in [6.07, 6.45) is 2.13. The molecule has 17 heavy (non-hydrogen) atoms. The molecule has 0 unspecified atom stereocenters. The number of benzene rings is 1. The van der Waals surface area contributed by atoms with Gasteiger partial charge in [-0.15, -0.1) is 0 Å². The first-order valence-electron chi connectivity index (χ1n) is 5.76. The summed E-state index contributed by atoms with van der Waals surface area (Å²) in [5, 5.41) is 2.80. The highest BCUT2D eigenvalue weighted by atomic mass is 19.1. The van der Waals surface area contributed by atoms with Gasteiger partial charge in [0.25, 0.3) is 0 Å². The van der Waals surface area contributed by atoms with E-state index in [9.17, 15) is 9.18 Å². The molecule has 0 aliphatic carbocycles. The SMILES string of the molecule is CCC(=O)NCCCc1ccc(F)c(OC)c1. The highest BCUT2D eigenvalue weighted by Crippen LogP contribution is 2.18. The molecule has 0 bridgehead atoms. The standard InChI is InChI=1S/C13H18FNO2/c1-3-13(16)15-8-4-5-10-6-7-11(14)12(9-10)17-2/h6-7,9H,3-5,8H2,1-2H3,(H,15,16). The summed E-state index contributed by atoms with van der Waals surface area (Å²) in [6, 6.07) is 4.83. The molecule has 94 valence electrons. The van der Waals surface area contributed by atoms with Crippen LogP contribution in [-0.4, -0.2) is 19.6 Å². The van der Waals surface area contributed by atoms with E-state index in [0.29, 0.717) is 13.0 Å². The molecule has 0 saturated carbocycles. The lowest BCUT2D eigenvalue weighted by molar-refractivity contribution is -0.120. The van der Waals surface area contributed by atoms with Crippen LogP contribution in [0.4, 0.5) is 4.39 Å². The van der Waals surface area contributed by atoms with Crippen molar-refractivity contribution in [1.29, 1.82) is 0 Å². The van der Waals surface area contributed by atoms with Crippen LogP contribution < -0.4 is 10.1 Å². The number of carbonyl (C=O) groups excluding carboxylic acids is 1. The summed E-state index contributed by atoms with van der Waals surface area (Å²) in [4.78, 5) is 11.0. The van der Waals surface area contributed by atoms with Crippen LogP contribution in [0.5, 0.6) is 5.75 Å². The molecule has 0 radical (unpaired) electrons. The van der Waals surface area contributed by atoms with Gasteiger partial charge in [-0.05, 0) is 30.5 Å². The molecule has 1 amide bonds. The molecular weight excluding hydrogens is 221 g/mol. The first-order valence-corrected chi connectivity index (χ1v) is 5.76. The van der Waals surface area contributed by atoms with E-state index in [0.717, 1.165) is 18.4 Å². The number of nitrogens with one attached hydrogen (secondary N) is 1. The Morgan fingerprint density at radius 3 is 2.88 bits per heavy atom. The Morgan fingerprint density at radius 2 is 2.24 bits per heavy atom. The third-order valence-corrected chi connectivity index (χ3v) is 2.50. The van der Waals surface area contributed by atoms with Gasteiger partial charge in [-0.3, -0.25) is 4.79 Å². The molecule has 0 aliphatic heterocycles. The van der Waals surface area contributed by atoms with Crippen molar-refractivity contribution in [2.24, 2.45) is 0 Å². The largest absolute Gasteiger partial charge is 0.494 e. The summed E-state index contributed by atoms with van der Waals surface area (Å²) in [6.45, 7) is 2.46. The predicted molar refractivity (Wildman–Crippen MR) is 64.6 cm³/mol. The van der Waals surface area contributed by atoms with Crippen molar-refractivity contribution in [3.05, 3.63) is 29.6 Å². The van der Waals surface area contributed by atoms with E-state index in [1.54, 1.807) is 12.1 Å². The van der Waals surface area contributed by atoms with Crippen LogP contribution in [0.15, 0.2) is 18.2 Å². The van der Waals surface area contributed by atoms with Crippen molar-refractivity contribution in [2.45, 2.75) is 26.2 Å². The van der Waals surface area contributed by atoms with Gasteiger partial charge in [0.15, 0.2) is 11.6 Å². The normalized spacial score (nSPS) is 10.1. The van der Waals surface area contributed by atoms with Gasteiger partial charge in [0.2, 0.25) is 5.91 Å². The van der Waals surface area contributed by atoms with E-state index < -0.39 is 0 Å². The smallest absolute Gasteiger partial charge is 0.219 e. The first kappa shape index (κ1) is 13.5. The van der Waals surface area contributed by atoms with Gasteiger partial charge in [0.1, 0.15) is 0 Å². The van der Waals surface area contributed by atoms with E-state index in [1.165, 1.54) is 13.2 Å². The van der Waals surface area contributed by atoms with Crippen LogP contribution in [0.25, 0.3) is 0 Å². The van der Waals surface area contributed by atoms with Gasteiger partial charge < -0.3 is 10.1 Å². The van der Waals surface area contributed by atoms with E-state index in [2.05, 4.69) is 5.32 Å². The Hall–Kier alpha value is -1.58. The lowest BCUT2D eigenvalue weighted by Gasteiger charge is -2.06. The van der Waals surface area contributed by atoms with Gasteiger partial charge in [0.05, 0.1) is 7.11 Å². The van der Waals surface area contributed by atoms with Crippen molar-refractivity contribution >= 4 is 5.91 Å². The van der Waals surface area contributed by atoms with Crippen molar-refractivity contribution in [1.82, 2.24) is 5.32 Å². The number of methoxy groups -OCH3 is 1. The second kappa shape index (κ2) is 6.89. The maximum atomic E-state index is 13.1. The summed E-state index contributed by atoms with van der Waals surface area (Å²) in [5.74, 6) is -0.0303. The van der Waals surface area contributed by atoms with Crippen molar-refractivity contribution in [3.8, 4) is 5.75 Å². The quantitative estimate of drug-likeness (QED) is 0.773. The predicted octanol–water partition coefficient (Wildman–Crippen LogP) is 2.29. The van der Waals surface area contributed by atoms with Gasteiger partial charge in [-0.2, -0.15) is 0 Å². The molecule has 0 atom stereocenters. The number of hydrogen-bond donors (Lipinski definition) is 1. The zero-order valence-corrected chi connectivity index (χ0v) is 10.3. The molecule has 3 nitrogen and oxygen atoms in total. The lowest BCUT2D eigenvalue weighted by atomic mass is 10.1. The summed E-state index contributed by atoms with van der Waals surface area (Å²) in [7, 11) is 1.45. The Labute approximate surface area is 101 Å². The Bertz CT molecular complexity index is 380. The average molecular weight is 239 g/mol.